The Morgan fingerprint density at radius 2 is 2.20 bits per heavy atom. The summed E-state index contributed by atoms with van der Waals surface area (Å²) in [6, 6.07) is 8.04. The first-order chi connectivity index (χ1) is 14.5. The van der Waals surface area contributed by atoms with Gasteiger partial charge in [-0.3, -0.25) is 9.69 Å². The van der Waals surface area contributed by atoms with E-state index in [1.54, 1.807) is 6.26 Å². The Morgan fingerprint density at radius 1 is 1.30 bits per heavy atom. The van der Waals surface area contributed by atoms with E-state index in [0.29, 0.717) is 19.4 Å². The highest BCUT2D eigenvalue weighted by molar-refractivity contribution is 5.87. The SMILES string of the molecule is CN(C(=O)Cc1cccc2occc12)C1CCC2(CCCO2)CC1N1CCC(F)C1. The van der Waals surface area contributed by atoms with Crippen molar-refractivity contribution in [3.8, 4) is 0 Å². The molecule has 0 radical (unpaired) electrons. The smallest absolute Gasteiger partial charge is 0.227 e. The average Bonchev–Trinajstić information content (AvgIpc) is 3.49. The number of amides is 1. The van der Waals surface area contributed by atoms with Gasteiger partial charge in [-0.25, -0.2) is 4.39 Å². The van der Waals surface area contributed by atoms with Crippen molar-refractivity contribution in [2.24, 2.45) is 0 Å². The fraction of sp³-hybridized carbons (Fsp3) is 0.625. The second-order valence-electron chi connectivity index (χ2n) is 9.32. The zero-order valence-electron chi connectivity index (χ0n) is 17.7. The van der Waals surface area contributed by atoms with Crippen molar-refractivity contribution < 1.29 is 18.3 Å². The average molecular weight is 415 g/mol. The predicted molar refractivity (Wildman–Crippen MR) is 113 cm³/mol. The largest absolute Gasteiger partial charge is 0.464 e. The van der Waals surface area contributed by atoms with Crippen LogP contribution in [-0.4, -0.2) is 66.3 Å². The van der Waals surface area contributed by atoms with E-state index in [0.717, 1.165) is 61.8 Å². The molecule has 5 nitrogen and oxygen atoms in total. The van der Waals surface area contributed by atoms with Crippen molar-refractivity contribution in [1.82, 2.24) is 9.80 Å². The van der Waals surface area contributed by atoms with Crippen LogP contribution in [0.15, 0.2) is 34.9 Å². The summed E-state index contributed by atoms with van der Waals surface area (Å²) in [4.78, 5) is 17.5. The van der Waals surface area contributed by atoms with Gasteiger partial charge in [-0.15, -0.1) is 0 Å². The molecule has 0 N–H and O–H groups in total. The van der Waals surface area contributed by atoms with Crippen LogP contribution in [0, 0.1) is 0 Å². The van der Waals surface area contributed by atoms with Gasteiger partial charge in [0.15, 0.2) is 0 Å². The number of hydrogen-bond acceptors (Lipinski definition) is 4. The maximum absolute atomic E-state index is 14.0. The first-order valence-electron chi connectivity index (χ1n) is 11.3. The number of carbonyl (C=O) groups excluding carboxylic acids is 1. The summed E-state index contributed by atoms with van der Waals surface area (Å²) >= 11 is 0. The van der Waals surface area contributed by atoms with Crippen LogP contribution in [0.5, 0.6) is 0 Å². The van der Waals surface area contributed by atoms with Crippen LogP contribution in [0.3, 0.4) is 0 Å². The minimum atomic E-state index is -0.757. The standard InChI is InChI=1S/C24H31FN2O3/c1-26(23(28)14-17-4-2-5-22-19(17)8-13-29-22)20-6-10-24(9-3-12-30-24)15-21(20)27-11-7-18(25)16-27/h2,4-5,8,13,18,20-21H,3,6-7,9-12,14-16H2,1H3. The lowest BCUT2D eigenvalue weighted by Gasteiger charge is -2.48. The third kappa shape index (κ3) is 3.65. The lowest BCUT2D eigenvalue weighted by molar-refractivity contribution is -0.136. The Kier molecular flexibility index (Phi) is 5.31. The first kappa shape index (κ1) is 20.0. The minimum absolute atomic E-state index is 0.0676. The van der Waals surface area contributed by atoms with Crippen LogP contribution in [0.4, 0.5) is 4.39 Å². The van der Waals surface area contributed by atoms with Crippen molar-refractivity contribution in [3.63, 3.8) is 0 Å². The fourth-order valence-corrected chi connectivity index (χ4v) is 5.89. The number of fused-ring (bicyclic) bond motifs is 1. The number of furan rings is 1. The van der Waals surface area contributed by atoms with Crippen LogP contribution in [-0.2, 0) is 16.0 Å². The molecule has 1 aromatic carbocycles. The van der Waals surface area contributed by atoms with Crippen LogP contribution in [0.2, 0.25) is 0 Å². The highest BCUT2D eigenvalue weighted by Crippen LogP contribution is 2.43. The molecule has 162 valence electrons. The first-order valence-corrected chi connectivity index (χ1v) is 11.3. The summed E-state index contributed by atoms with van der Waals surface area (Å²) in [5.74, 6) is 0.109. The molecule has 1 aliphatic carbocycles. The molecule has 5 rings (SSSR count). The van der Waals surface area contributed by atoms with E-state index in [9.17, 15) is 9.18 Å². The minimum Gasteiger partial charge on any atom is -0.464 e. The van der Waals surface area contributed by atoms with E-state index < -0.39 is 6.17 Å². The highest BCUT2D eigenvalue weighted by Gasteiger charge is 2.48. The number of halogens is 1. The van der Waals surface area contributed by atoms with E-state index in [1.807, 2.05) is 36.2 Å². The summed E-state index contributed by atoms with van der Waals surface area (Å²) in [6.07, 6.45) is 6.84. The topological polar surface area (TPSA) is 45.9 Å². The molecule has 1 aromatic heterocycles. The molecular weight excluding hydrogens is 383 g/mol. The number of ether oxygens (including phenoxy) is 1. The Bertz CT molecular complexity index is 907. The molecule has 1 spiro atoms. The van der Waals surface area contributed by atoms with Gasteiger partial charge in [-0.2, -0.15) is 0 Å². The molecule has 1 amide bonds. The molecule has 3 fully saturated rings. The molecule has 6 heteroatoms. The normalized spacial score (nSPS) is 32.3. The number of likely N-dealkylation sites (tertiary alicyclic amines) is 1. The van der Waals surface area contributed by atoms with Crippen LogP contribution in [0.1, 0.15) is 44.1 Å². The van der Waals surface area contributed by atoms with E-state index >= 15 is 0 Å². The van der Waals surface area contributed by atoms with E-state index in [2.05, 4.69) is 4.90 Å². The summed E-state index contributed by atoms with van der Waals surface area (Å²) in [5.41, 5.74) is 1.73. The van der Waals surface area contributed by atoms with E-state index in [-0.39, 0.29) is 23.6 Å². The molecular formula is C24H31FN2O3. The molecule has 1 saturated carbocycles. The number of rotatable bonds is 4. The van der Waals surface area contributed by atoms with Gasteiger partial charge in [0.05, 0.1) is 18.3 Å². The molecule has 2 saturated heterocycles. The number of nitrogens with zero attached hydrogens (tertiary/aromatic N) is 2. The highest BCUT2D eigenvalue weighted by atomic mass is 19.1. The molecule has 30 heavy (non-hydrogen) atoms. The predicted octanol–water partition coefficient (Wildman–Crippen LogP) is 3.95. The van der Waals surface area contributed by atoms with Crippen molar-refractivity contribution in [2.75, 3.05) is 26.7 Å². The van der Waals surface area contributed by atoms with Crippen molar-refractivity contribution >= 4 is 16.9 Å². The molecule has 0 bridgehead atoms. The van der Waals surface area contributed by atoms with E-state index in [1.165, 1.54) is 0 Å². The number of hydrogen-bond donors (Lipinski definition) is 0. The van der Waals surface area contributed by atoms with Crippen LogP contribution >= 0.6 is 0 Å². The fourth-order valence-electron chi connectivity index (χ4n) is 5.89. The number of alkyl halides is 1. The van der Waals surface area contributed by atoms with Gasteiger partial charge >= 0.3 is 0 Å². The second kappa shape index (κ2) is 7.97. The van der Waals surface area contributed by atoms with Gasteiger partial charge in [-0.05, 0) is 56.2 Å². The van der Waals surface area contributed by atoms with Crippen LogP contribution < -0.4 is 0 Å². The third-order valence-electron chi connectivity index (χ3n) is 7.56. The Balaban J connectivity index is 1.35. The summed E-state index contributed by atoms with van der Waals surface area (Å²) in [5, 5.41) is 0.998. The monoisotopic (exact) mass is 414 g/mol. The number of benzene rings is 1. The van der Waals surface area contributed by atoms with Crippen molar-refractivity contribution in [2.45, 2.75) is 68.8 Å². The third-order valence-corrected chi connectivity index (χ3v) is 7.56. The molecule has 2 aliphatic heterocycles. The summed E-state index contributed by atoms with van der Waals surface area (Å²) in [7, 11) is 1.92. The Hall–Kier alpha value is -1.92. The van der Waals surface area contributed by atoms with Gasteiger partial charge in [-0.1, -0.05) is 12.1 Å². The van der Waals surface area contributed by atoms with Gasteiger partial charge in [0.2, 0.25) is 5.91 Å². The summed E-state index contributed by atoms with van der Waals surface area (Å²) in [6.45, 7) is 2.08. The van der Waals surface area contributed by atoms with Gasteiger partial charge < -0.3 is 14.1 Å². The zero-order chi connectivity index (χ0) is 20.7. The molecule has 3 heterocycles. The lowest BCUT2D eigenvalue weighted by Crippen LogP contribution is -2.58. The Labute approximate surface area is 177 Å². The van der Waals surface area contributed by atoms with E-state index in [4.69, 9.17) is 9.15 Å². The zero-order valence-corrected chi connectivity index (χ0v) is 17.7. The summed E-state index contributed by atoms with van der Waals surface area (Å²) < 4.78 is 25.7. The molecule has 2 aromatic rings. The van der Waals surface area contributed by atoms with Crippen molar-refractivity contribution in [1.29, 1.82) is 0 Å². The number of likely N-dealkylation sites (N-methyl/N-ethyl adjacent to an activating group) is 1. The maximum atomic E-state index is 14.0. The molecule has 4 unspecified atom stereocenters. The van der Waals surface area contributed by atoms with Gasteiger partial charge in [0, 0.05) is 44.2 Å². The second-order valence-corrected chi connectivity index (χ2v) is 9.32. The quantitative estimate of drug-likeness (QED) is 0.760. The lowest BCUT2D eigenvalue weighted by atomic mass is 9.76. The van der Waals surface area contributed by atoms with Gasteiger partial charge in [0.25, 0.3) is 0 Å². The Morgan fingerprint density at radius 3 is 2.97 bits per heavy atom. The maximum Gasteiger partial charge on any atom is 0.227 e. The molecule has 4 atom stereocenters. The van der Waals surface area contributed by atoms with Gasteiger partial charge in [0.1, 0.15) is 11.8 Å². The van der Waals surface area contributed by atoms with Crippen LogP contribution in [0.25, 0.3) is 11.0 Å². The molecule has 3 aliphatic rings. The number of carbonyl (C=O) groups is 1. The van der Waals surface area contributed by atoms with Crippen molar-refractivity contribution in [3.05, 3.63) is 36.1 Å².